The maximum Gasteiger partial charge on any atom is 0.140 e. The van der Waals surface area contributed by atoms with E-state index in [9.17, 15) is 0 Å². The molecule has 0 aliphatic heterocycles. The molecule has 0 amide bonds. The van der Waals surface area contributed by atoms with E-state index in [1.54, 1.807) is 14.2 Å². The predicted octanol–water partition coefficient (Wildman–Crippen LogP) is 8.87. The molecule has 0 aromatic heterocycles. The molecule has 174 valence electrons. The Hall–Kier alpha value is -1.61. The third-order valence-corrected chi connectivity index (χ3v) is 6.96. The van der Waals surface area contributed by atoms with Gasteiger partial charge < -0.3 is 9.47 Å². The third kappa shape index (κ3) is 6.44. The normalized spacial score (nSPS) is 10.5. The number of rotatable bonds is 10. The van der Waals surface area contributed by atoms with Crippen molar-refractivity contribution in [1.29, 1.82) is 0 Å². The summed E-state index contributed by atoms with van der Waals surface area (Å²) in [5.74, 6) is 3.11. The minimum absolute atomic E-state index is 0.989. The summed E-state index contributed by atoms with van der Waals surface area (Å²) in [5, 5.41) is 0. The smallest absolute Gasteiger partial charge is 0.140 e. The van der Waals surface area contributed by atoms with E-state index < -0.39 is 0 Å². The first kappa shape index (κ1) is 27.4. The van der Waals surface area contributed by atoms with Crippen LogP contribution in [0.2, 0.25) is 0 Å². The molecule has 2 aromatic rings. The van der Waals surface area contributed by atoms with Crippen LogP contribution in [0.5, 0.6) is 11.5 Å². The van der Waals surface area contributed by atoms with Crippen LogP contribution in [0.25, 0.3) is 11.1 Å². The lowest BCUT2D eigenvalue weighted by Crippen LogP contribution is -2.04. The van der Waals surface area contributed by atoms with Gasteiger partial charge in [-0.3, -0.25) is 0 Å². The number of thioether (sulfide) groups is 1. The van der Waals surface area contributed by atoms with Gasteiger partial charge in [0.25, 0.3) is 0 Å². The molecule has 0 N–H and O–H groups in total. The average molecular weight is 445 g/mol. The third-order valence-electron chi connectivity index (χ3n) is 5.85. The summed E-state index contributed by atoms with van der Waals surface area (Å²) in [6.07, 6.45) is 5.80. The maximum atomic E-state index is 6.04. The van der Waals surface area contributed by atoms with Crippen LogP contribution in [0.3, 0.4) is 0 Å². The van der Waals surface area contributed by atoms with Gasteiger partial charge in [-0.05, 0) is 86.6 Å². The molecule has 0 spiro atoms. The quantitative estimate of drug-likeness (QED) is 0.269. The number of benzene rings is 2. The Morgan fingerprint density at radius 2 is 1.26 bits per heavy atom. The van der Waals surface area contributed by atoms with Crippen molar-refractivity contribution in [1.82, 2.24) is 0 Å². The summed E-state index contributed by atoms with van der Waals surface area (Å²) in [5.41, 5.74) is 8.87. The molecule has 0 radical (unpaired) electrons. The van der Waals surface area contributed by atoms with Crippen molar-refractivity contribution in [3.8, 4) is 22.6 Å². The van der Waals surface area contributed by atoms with E-state index >= 15 is 0 Å². The predicted molar refractivity (Wildman–Crippen MR) is 140 cm³/mol. The van der Waals surface area contributed by atoms with Crippen LogP contribution in [0.4, 0.5) is 0 Å². The molecule has 3 heteroatoms. The average Bonchev–Trinajstić information content (AvgIpc) is 2.78. The molecule has 0 bridgehead atoms. The molecule has 0 aliphatic rings. The highest BCUT2D eigenvalue weighted by Crippen LogP contribution is 2.48. The van der Waals surface area contributed by atoms with Crippen molar-refractivity contribution in [2.24, 2.45) is 0 Å². The molecule has 0 aliphatic carbocycles. The first-order valence-corrected chi connectivity index (χ1v) is 12.9. The number of methoxy groups -OCH3 is 2. The highest BCUT2D eigenvalue weighted by atomic mass is 32.2. The van der Waals surface area contributed by atoms with Crippen LogP contribution < -0.4 is 9.47 Å². The van der Waals surface area contributed by atoms with E-state index in [0.29, 0.717) is 0 Å². The molecule has 0 unspecified atom stereocenters. The van der Waals surface area contributed by atoms with Gasteiger partial charge in [0.2, 0.25) is 0 Å². The van der Waals surface area contributed by atoms with Gasteiger partial charge in [0.15, 0.2) is 0 Å². The molecule has 0 heterocycles. The number of hydrogen-bond donors (Lipinski definition) is 0. The topological polar surface area (TPSA) is 18.5 Å². The standard InChI is InChI=1S/C26H38O2S.C2H6/c1-9-11-13-21-15-17(3)19(5)23(25(21)27-7)24-20(6)18(4)16-22(26(24)28-8)29-14-12-10-2;1-2/h15-16H,9-14H2,1-8H3;1-2H3. The van der Waals surface area contributed by atoms with Gasteiger partial charge >= 0.3 is 0 Å². The maximum absolute atomic E-state index is 6.04. The number of unbranched alkanes of at least 4 members (excludes halogenated alkanes) is 2. The summed E-state index contributed by atoms with van der Waals surface area (Å²) in [7, 11) is 3.60. The van der Waals surface area contributed by atoms with Crippen molar-refractivity contribution < 1.29 is 9.47 Å². The van der Waals surface area contributed by atoms with E-state index in [-0.39, 0.29) is 0 Å². The first-order chi connectivity index (χ1) is 14.9. The molecule has 0 saturated carbocycles. The zero-order valence-corrected chi connectivity index (χ0v) is 22.4. The van der Waals surface area contributed by atoms with Crippen molar-refractivity contribution in [3.05, 3.63) is 39.9 Å². The molecule has 0 saturated heterocycles. The minimum atomic E-state index is 0.989. The van der Waals surface area contributed by atoms with Gasteiger partial charge in [-0.25, -0.2) is 0 Å². The van der Waals surface area contributed by atoms with Gasteiger partial charge in [0.05, 0.1) is 19.1 Å². The van der Waals surface area contributed by atoms with Crippen molar-refractivity contribution in [2.45, 2.75) is 92.4 Å². The fraction of sp³-hybridized carbons (Fsp3) is 0.571. The summed E-state index contributed by atoms with van der Waals surface area (Å²) >= 11 is 1.90. The van der Waals surface area contributed by atoms with Gasteiger partial charge in [-0.15, -0.1) is 11.8 Å². The second-order valence-corrected chi connectivity index (χ2v) is 9.05. The van der Waals surface area contributed by atoms with E-state index in [4.69, 9.17) is 9.47 Å². The van der Waals surface area contributed by atoms with Crippen LogP contribution in [-0.4, -0.2) is 20.0 Å². The Labute approximate surface area is 196 Å². The number of ether oxygens (including phenoxy) is 2. The van der Waals surface area contributed by atoms with Crippen molar-refractivity contribution in [2.75, 3.05) is 20.0 Å². The van der Waals surface area contributed by atoms with E-state index in [0.717, 1.165) is 23.7 Å². The second-order valence-electron chi connectivity index (χ2n) is 7.92. The monoisotopic (exact) mass is 444 g/mol. The van der Waals surface area contributed by atoms with Crippen LogP contribution >= 0.6 is 11.8 Å². The lowest BCUT2D eigenvalue weighted by atomic mass is 9.87. The van der Waals surface area contributed by atoms with Crippen molar-refractivity contribution in [3.63, 3.8) is 0 Å². The molecular weight excluding hydrogens is 400 g/mol. The zero-order chi connectivity index (χ0) is 23.6. The molecule has 2 aromatic carbocycles. The highest BCUT2D eigenvalue weighted by molar-refractivity contribution is 7.99. The van der Waals surface area contributed by atoms with E-state index in [1.807, 2.05) is 25.6 Å². The van der Waals surface area contributed by atoms with Gasteiger partial charge in [-0.1, -0.05) is 46.6 Å². The molecular formula is C28H44O2S. The van der Waals surface area contributed by atoms with Gasteiger partial charge in [0, 0.05) is 11.1 Å². The Kier molecular flexibility index (Phi) is 12.1. The van der Waals surface area contributed by atoms with Crippen molar-refractivity contribution >= 4 is 11.8 Å². The van der Waals surface area contributed by atoms with E-state index in [2.05, 4.69) is 53.7 Å². The van der Waals surface area contributed by atoms with Gasteiger partial charge in [0.1, 0.15) is 11.5 Å². The molecule has 2 nitrogen and oxygen atoms in total. The summed E-state index contributed by atoms with van der Waals surface area (Å²) < 4.78 is 12.1. The van der Waals surface area contributed by atoms with Crippen LogP contribution in [0, 0.1) is 27.7 Å². The molecule has 31 heavy (non-hydrogen) atoms. The minimum Gasteiger partial charge on any atom is -0.496 e. The SMILES string of the molecule is CC.CCCCSc1cc(C)c(C)c(-c2c(C)c(C)cc(CCCC)c2OC)c1OC. The van der Waals surface area contributed by atoms with Gasteiger partial charge in [-0.2, -0.15) is 0 Å². The Bertz CT molecular complexity index is 840. The first-order valence-electron chi connectivity index (χ1n) is 11.9. The Morgan fingerprint density at radius 3 is 1.77 bits per heavy atom. The lowest BCUT2D eigenvalue weighted by Gasteiger charge is -2.24. The zero-order valence-electron chi connectivity index (χ0n) is 21.6. The summed E-state index contributed by atoms with van der Waals surface area (Å²) in [6, 6.07) is 4.59. The fourth-order valence-corrected chi connectivity index (χ4v) is 5.08. The lowest BCUT2D eigenvalue weighted by molar-refractivity contribution is 0.401. The fourth-order valence-electron chi connectivity index (χ4n) is 3.85. The number of aryl methyl sites for hydroxylation is 3. The molecule has 0 atom stereocenters. The Morgan fingerprint density at radius 1 is 0.742 bits per heavy atom. The highest BCUT2D eigenvalue weighted by Gasteiger charge is 2.24. The largest absolute Gasteiger partial charge is 0.496 e. The number of hydrogen-bond acceptors (Lipinski definition) is 3. The summed E-state index contributed by atoms with van der Waals surface area (Å²) in [4.78, 5) is 1.23. The van der Waals surface area contributed by atoms with Crippen LogP contribution in [0.15, 0.2) is 17.0 Å². The molecule has 2 rings (SSSR count). The van der Waals surface area contributed by atoms with E-state index in [1.165, 1.54) is 69.5 Å². The Balaban J connectivity index is 0.00000233. The van der Waals surface area contributed by atoms with Crippen LogP contribution in [-0.2, 0) is 6.42 Å². The molecule has 0 fully saturated rings. The summed E-state index contributed by atoms with van der Waals surface area (Å²) in [6.45, 7) is 17.3. The van der Waals surface area contributed by atoms with Crippen LogP contribution in [0.1, 0.15) is 81.2 Å². The second kappa shape index (κ2) is 13.7.